The molecule has 10 heteroatoms. The summed E-state index contributed by atoms with van der Waals surface area (Å²) in [6.07, 6.45) is 0. The molecule has 1 aliphatic rings. The van der Waals surface area contributed by atoms with Crippen LogP contribution in [0.25, 0.3) is 11.1 Å². The van der Waals surface area contributed by atoms with Crippen LogP contribution in [0.4, 0.5) is 11.5 Å². The number of aromatic amines is 1. The summed E-state index contributed by atoms with van der Waals surface area (Å²) in [6.45, 7) is 3.77. The number of aromatic nitrogens is 1. The summed E-state index contributed by atoms with van der Waals surface area (Å²) in [5.41, 5.74) is 5.31. The fraction of sp³-hybridized carbons (Fsp3) is 0.200. The van der Waals surface area contributed by atoms with E-state index in [0.29, 0.717) is 18.8 Å². The summed E-state index contributed by atoms with van der Waals surface area (Å²) in [5, 5.41) is 29.1. The van der Waals surface area contributed by atoms with E-state index in [1.165, 1.54) is 17.7 Å². The Morgan fingerprint density at radius 1 is 1.00 bits per heavy atom. The molecule has 1 saturated heterocycles. The van der Waals surface area contributed by atoms with E-state index >= 15 is 0 Å². The summed E-state index contributed by atoms with van der Waals surface area (Å²) >= 11 is 0. The largest absolute Gasteiger partial charge is 0.478 e. The maximum Gasteiger partial charge on any atom is 0.342 e. The minimum atomic E-state index is -1.60. The molecule has 0 bridgehead atoms. The number of hydrogen-bond acceptors (Lipinski definition) is 7. The van der Waals surface area contributed by atoms with Gasteiger partial charge in [-0.2, -0.15) is 5.26 Å². The molecule has 1 aromatic heterocycles. The number of hydrogen-bond donors (Lipinski definition) is 4. The molecular formula is C25H23N5O5. The highest BCUT2D eigenvalue weighted by Gasteiger charge is 2.27. The number of rotatable bonds is 6. The lowest BCUT2D eigenvalue weighted by Crippen LogP contribution is -2.46. The van der Waals surface area contributed by atoms with Crippen LogP contribution in [-0.2, 0) is 6.54 Å². The fourth-order valence-electron chi connectivity index (χ4n) is 4.38. The Balaban J connectivity index is 1.66. The normalized spacial score (nSPS) is 13.9. The number of carboxylic acids is 2. The second kappa shape index (κ2) is 9.70. The number of aromatic carboxylic acids is 2. The van der Waals surface area contributed by atoms with Gasteiger partial charge in [0.05, 0.1) is 11.3 Å². The van der Waals surface area contributed by atoms with Gasteiger partial charge in [0.25, 0.3) is 5.56 Å². The number of pyridine rings is 1. The molecule has 5 N–H and O–H groups in total. The summed E-state index contributed by atoms with van der Waals surface area (Å²) in [5.74, 6) is -3.55. The smallest absolute Gasteiger partial charge is 0.342 e. The molecule has 3 aromatic rings. The average Bonchev–Trinajstić information content (AvgIpc) is 2.83. The van der Waals surface area contributed by atoms with Crippen molar-refractivity contribution in [2.45, 2.75) is 6.54 Å². The number of nitrogens with two attached hydrogens (primary N) is 1. The van der Waals surface area contributed by atoms with E-state index in [1.807, 2.05) is 18.2 Å². The maximum atomic E-state index is 12.3. The SMILES string of the molecule is N#Cc1cc(-c2c(C(=O)O)c(N)[nH]c(=O)c2C(=O)O)ccc1N1CCN(Cc2ccccc2)CC1. The van der Waals surface area contributed by atoms with E-state index in [-0.39, 0.29) is 16.7 Å². The van der Waals surface area contributed by atoms with Crippen LogP contribution in [0.1, 0.15) is 31.8 Å². The van der Waals surface area contributed by atoms with Gasteiger partial charge in [-0.1, -0.05) is 36.4 Å². The zero-order valence-corrected chi connectivity index (χ0v) is 18.7. The predicted molar refractivity (Wildman–Crippen MR) is 129 cm³/mol. The van der Waals surface area contributed by atoms with Gasteiger partial charge in [-0.05, 0) is 23.3 Å². The van der Waals surface area contributed by atoms with Crippen LogP contribution in [0.15, 0.2) is 53.3 Å². The van der Waals surface area contributed by atoms with Crippen LogP contribution < -0.4 is 16.2 Å². The summed E-state index contributed by atoms with van der Waals surface area (Å²) in [7, 11) is 0. The second-order valence-electron chi connectivity index (χ2n) is 8.20. The van der Waals surface area contributed by atoms with Crippen LogP contribution in [0.3, 0.4) is 0 Å². The van der Waals surface area contributed by atoms with Crippen LogP contribution in [-0.4, -0.2) is 58.2 Å². The van der Waals surface area contributed by atoms with Crippen molar-refractivity contribution in [1.82, 2.24) is 9.88 Å². The number of nitriles is 1. The molecule has 0 spiro atoms. The highest BCUT2D eigenvalue weighted by atomic mass is 16.4. The molecule has 0 radical (unpaired) electrons. The monoisotopic (exact) mass is 473 g/mol. The van der Waals surface area contributed by atoms with Crippen molar-refractivity contribution in [2.75, 3.05) is 36.8 Å². The molecule has 0 atom stereocenters. The molecule has 0 aliphatic carbocycles. The van der Waals surface area contributed by atoms with E-state index in [0.717, 1.165) is 19.6 Å². The van der Waals surface area contributed by atoms with Crippen molar-refractivity contribution >= 4 is 23.4 Å². The number of nitrogens with one attached hydrogen (secondary N) is 1. The molecule has 0 saturated carbocycles. The first kappa shape index (κ1) is 23.5. The number of piperazine rings is 1. The highest BCUT2D eigenvalue weighted by Crippen LogP contribution is 2.33. The molecule has 1 aliphatic heterocycles. The summed E-state index contributed by atoms with van der Waals surface area (Å²) in [6, 6.07) is 16.8. The van der Waals surface area contributed by atoms with E-state index < -0.39 is 34.4 Å². The van der Waals surface area contributed by atoms with Gasteiger partial charge in [0.15, 0.2) is 0 Å². The van der Waals surface area contributed by atoms with Crippen molar-refractivity contribution in [2.24, 2.45) is 0 Å². The minimum Gasteiger partial charge on any atom is -0.478 e. The molecule has 178 valence electrons. The lowest BCUT2D eigenvalue weighted by molar-refractivity contribution is 0.0695. The standard InChI is InChI=1S/C25H23N5O5/c26-13-17-12-16(19-20(24(32)33)22(27)28-23(31)21(19)25(34)35)6-7-18(17)30-10-8-29(9-11-30)14-15-4-2-1-3-5-15/h1-7,12H,8-11,14H2,(H,32,33)(H,34,35)(H3,27,28,31). The summed E-state index contributed by atoms with van der Waals surface area (Å²) in [4.78, 5) is 42.4. The van der Waals surface area contributed by atoms with Gasteiger partial charge in [-0.25, -0.2) is 9.59 Å². The Hall–Kier alpha value is -4.62. The lowest BCUT2D eigenvalue weighted by Gasteiger charge is -2.36. The number of H-pyrrole nitrogens is 1. The molecule has 0 amide bonds. The van der Waals surface area contributed by atoms with Crippen molar-refractivity contribution < 1.29 is 19.8 Å². The Kier molecular flexibility index (Phi) is 6.53. The quantitative estimate of drug-likeness (QED) is 0.420. The van der Waals surface area contributed by atoms with E-state index in [2.05, 4.69) is 33.0 Å². The molecular weight excluding hydrogens is 450 g/mol. The zero-order valence-electron chi connectivity index (χ0n) is 18.7. The van der Waals surface area contributed by atoms with E-state index in [1.54, 1.807) is 6.07 Å². The molecule has 2 heterocycles. The molecule has 2 aromatic carbocycles. The van der Waals surface area contributed by atoms with Crippen molar-refractivity contribution in [3.8, 4) is 17.2 Å². The number of nitrogen functional groups attached to an aromatic ring is 1. The van der Waals surface area contributed by atoms with E-state index in [9.17, 15) is 29.9 Å². The van der Waals surface area contributed by atoms with Crippen LogP contribution >= 0.6 is 0 Å². The number of carbonyl (C=O) groups is 2. The fourth-order valence-corrected chi connectivity index (χ4v) is 4.38. The topological polar surface area (TPSA) is 164 Å². The van der Waals surface area contributed by atoms with Gasteiger partial charge in [-0.3, -0.25) is 9.69 Å². The predicted octanol–water partition coefficient (Wildman–Crippen LogP) is 2.21. The number of nitrogens with zero attached hydrogens (tertiary/aromatic N) is 3. The van der Waals surface area contributed by atoms with Crippen molar-refractivity contribution in [3.63, 3.8) is 0 Å². The first-order chi connectivity index (χ1) is 16.8. The summed E-state index contributed by atoms with van der Waals surface area (Å²) < 4.78 is 0. The van der Waals surface area contributed by atoms with Gasteiger partial charge in [-0.15, -0.1) is 0 Å². The Morgan fingerprint density at radius 2 is 1.66 bits per heavy atom. The maximum absolute atomic E-state index is 12.3. The Morgan fingerprint density at radius 3 is 2.26 bits per heavy atom. The van der Waals surface area contributed by atoms with Crippen LogP contribution in [0.5, 0.6) is 0 Å². The molecule has 35 heavy (non-hydrogen) atoms. The van der Waals surface area contributed by atoms with Gasteiger partial charge in [0.2, 0.25) is 0 Å². The molecule has 0 unspecified atom stereocenters. The Labute approximate surface area is 200 Å². The Bertz CT molecular complexity index is 1390. The van der Waals surface area contributed by atoms with E-state index in [4.69, 9.17) is 5.73 Å². The van der Waals surface area contributed by atoms with Gasteiger partial charge in [0.1, 0.15) is 23.0 Å². The minimum absolute atomic E-state index is 0.112. The first-order valence-corrected chi connectivity index (χ1v) is 10.9. The third-order valence-electron chi connectivity index (χ3n) is 6.04. The zero-order chi connectivity index (χ0) is 25.1. The average molecular weight is 473 g/mol. The van der Waals surface area contributed by atoms with Crippen molar-refractivity contribution in [3.05, 3.63) is 81.1 Å². The molecule has 1 fully saturated rings. The first-order valence-electron chi connectivity index (χ1n) is 10.9. The third-order valence-corrected chi connectivity index (χ3v) is 6.04. The van der Waals surface area contributed by atoms with Gasteiger partial charge < -0.3 is 25.8 Å². The lowest BCUT2D eigenvalue weighted by atomic mass is 9.93. The molecule has 10 nitrogen and oxygen atoms in total. The molecule has 4 rings (SSSR count). The van der Waals surface area contributed by atoms with Gasteiger partial charge in [0, 0.05) is 38.3 Å². The van der Waals surface area contributed by atoms with Crippen LogP contribution in [0, 0.1) is 11.3 Å². The second-order valence-corrected chi connectivity index (χ2v) is 8.20. The van der Waals surface area contributed by atoms with Crippen molar-refractivity contribution in [1.29, 1.82) is 5.26 Å². The van der Waals surface area contributed by atoms with Gasteiger partial charge >= 0.3 is 11.9 Å². The number of anilines is 2. The van der Waals surface area contributed by atoms with Crippen LogP contribution in [0.2, 0.25) is 0 Å². The highest BCUT2D eigenvalue weighted by molar-refractivity contribution is 6.07. The number of carboxylic acid groups (broad SMARTS) is 2. The third kappa shape index (κ3) is 4.71. The number of benzene rings is 2.